The van der Waals surface area contributed by atoms with Gasteiger partial charge in [-0.1, -0.05) is 60.7 Å². The zero-order valence-electron chi connectivity index (χ0n) is 36.3. The van der Waals surface area contributed by atoms with Gasteiger partial charge in [0.15, 0.2) is 5.96 Å². The van der Waals surface area contributed by atoms with Gasteiger partial charge < -0.3 is 63.4 Å². The molecule has 0 saturated carbocycles. The van der Waals surface area contributed by atoms with Crippen LogP contribution in [0.15, 0.2) is 65.7 Å². The maximum Gasteiger partial charge on any atom is 0.326 e. The number of aliphatic carboxylic acids is 1. The molecule has 21 nitrogen and oxygen atoms in total. The molecule has 0 aromatic heterocycles. The van der Waals surface area contributed by atoms with E-state index in [9.17, 15) is 48.6 Å². The highest BCUT2D eigenvalue weighted by molar-refractivity contribution is 5.97. The van der Waals surface area contributed by atoms with Gasteiger partial charge in [0.2, 0.25) is 41.4 Å². The van der Waals surface area contributed by atoms with Crippen molar-refractivity contribution < 1.29 is 48.6 Å². The van der Waals surface area contributed by atoms with Crippen molar-refractivity contribution in [2.45, 2.75) is 107 Å². The van der Waals surface area contributed by atoms with Crippen molar-refractivity contribution in [1.82, 2.24) is 41.7 Å². The highest BCUT2D eigenvalue weighted by Gasteiger charge is 2.41. The summed E-state index contributed by atoms with van der Waals surface area (Å²) >= 11 is 0. The Morgan fingerprint density at radius 3 is 1.83 bits per heavy atom. The Kier molecular flexibility index (Phi) is 18.6. The van der Waals surface area contributed by atoms with E-state index in [1.807, 2.05) is 0 Å². The van der Waals surface area contributed by atoms with Crippen LogP contribution < -0.4 is 43.4 Å². The average molecular weight is 904 g/mol. The number of rotatable bonds is 22. The number of hydrogen-bond acceptors (Lipinski definition) is 11. The fourth-order valence-corrected chi connectivity index (χ4v) is 8.31. The molecule has 0 unspecified atom stereocenters. The van der Waals surface area contributed by atoms with Crippen LogP contribution in [-0.2, 0) is 51.2 Å². The van der Waals surface area contributed by atoms with E-state index in [-0.39, 0.29) is 63.1 Å². The van der Waals surface area contributed by atoms with E-state index in [1.165, 1.54) is 4.90 Å². The van der Waals surface area contributed by atoms with E-state index in [4.69, 9.17) is 11.5 Å². The Morgan fingerprint density at radius 2 is 1.28 bits per heavy atom. The van der Waals surface area contributed by atoms with Crippen molar-refractivity contribution in [3.8, 4) is 0 Å². The van der Waals surface area contributed by atoms with Gasteiger partial charge in [0.1, 0.15) is 36.3 Å². The van der Waals surface area contributed by atoms with Crippen LogP contribution >= 0.6 is 0 Å². The zero-order chi connectivity index (χ0) is 46.9. The van der Waals surface area contributed by atoms with Crippen molar-refractivity contribution in [2.24, 2.45) is 16.5 Å². The van der Waals surface area contributed by atoms with E-state index in [0.29, 0.717) is 43.4 Å². The summed E-state index contributed by atoms with van der Waals surface area (Å²) < 4.78 is 0. The van der Waals surface area contributed by atoms with Crippen LogP contribution in [-0.4, -0.2) is 155 Å². The molecular formula is C44H61N11O10. The van der Waals surface area contributed by atoms with Gasteiger partial charge in [0.05, 0.1) is 19.2 Å². The van der Waals surface area contributed by atoms with Gasteiger partial charge in [-0.15, -0.1) is 0 Å². The predicted octanol–water partition coefficient (Wildman–Crippen LogP) is -2.61. The molecule has 3 aliphatic heterocycles. The molecule has 3 fully saturated rings. The fourth-order valence-electron chi connectivity index (χ4n) is 8.31. The summed E-state index contributed by atoms with van der Waals surface area (Å²) in [4.78, 5) is 114. The fraction of sp³-hybridized carbons (Fsp3) is 0.523. The number of benzene rings is 2. The summed E-state index contributed by atoms with van der Waals surface area (Å²) in [5, 5.41) is 36.4. The van der Waals surface area contributed by atoms with Gasteiger partial charge in [-0.05, 0) is 69.0 Å². The van der Waals surface area contributed by atoms with E-state index < -0.39 is 90.8 Å². The first kappa shape index (κ1) is 49.4. The van der Waals surface area contributed by atoms with Crippen LogP contribution in [0.4, 0.5) is 0 Å². The summed E-state index contributed by atoms with van der Waals surface area (Å²) in [6.07, 6.45) is 3.42. The molecule has 7 amide bonds. The number of carbonyl (C=O) groups excluding carboxylic acids is 7. The molecule has 12 N–H and O–H groups in total. The number of nitrogens with one attached hydrogen (secondary N) is 6. The lowest BCUT2D eigenvalue weighted by Gasteiger charge is -2.30. The maximum atomic E-state index is 14.0. The third kappa shape index (κ3) is 14.4. The Labute approximate surface area is 376 Å². The van der Waals surface area contributed by atoms with Gasteiger partial charge >= 0.3 is 5.97 Å². The molecular weight excluding hydrogens is 843 g/mol. The molecule has 3 aliphatic rings. The SMILES string of the molecule is NC(N)=NCCC[C@H](NC(=O)[C@H](Cc1ccccc1)NC(=O)[C@@H]1CCCN1C(=O)[C@H](CO)NC(=O)[C@H](Cc1ccccc1)NC(=O)CNC(=O)[C@H]1CCCN1C(=O)[C@H]1CCCN1)C(=O)O. The first-order valence-corrected chi connectivity index (χ1v) is 22.0. The second kappa shape index (κ2) is 24.5. The Balaban J connectivity index is 1.23. The van der Waals surface area contributed by atoms with Crippen LogP contribution in [0, 0.1) is 0 Å². The van der Waals surface area contributed by atoms with Gasteiger partial charge in [0.25, 0.3) is 0 Å². The molecule has 0 bridgehead atoms. The lowest BCUT2D eigenvalue weighted by molar-refractivity contribution is -0.144. The van der Waals surface area contributed by atoms with E-state index >= 15 is 0 Å². The summed E-state index contributed by atoms with van der Waals surface area (Å²) in [6, 6.07) is 9.92. The number of carboxylic acid groups (broad SMARTS) is 1. The second-order valence-corrected chi connectivity index (χ2v) is 16.4. The van der Waals surface area contributed by atoms with E-state index in [2.05, 4.69) is 36.9 Å². The number of guanidine groups is 1. The standard InChI is InChI=1S/C44H61N11O10/c45-44(46)48-20-8-16-30(43(64)65)51-38(59)32(24-28-13-5-2-6-14-28)52-40(61)35-18-10-22-55(35)42(63)33(26-56)53-37(58)31(23-27-11-3-1-4-12-27)50-36(57)25-49-39(60)34-17-9-21-54(34)41(62)29-15-7-19-47-29/h1-6,11-14,29-35,47,56H,7-10,15-26H2,(H,49,60)(H,50,57)(H,51,59)(H,52,61)(H,53,58)(H,64,65)(H4,45,46,48)/t29-,30+,31+,32+,33+,34-,35+/m1/s1. The molecule has 2 aromatic carbocycles. The number of aliphatic imine (C=N–C) groups is 1. The highest BCUT2D eigenvalue weighted by atomic mass is 16.4. The average Bonchev–Trinajstić information content (AvgIpc) is 4.12. The molecule has 3 heterocycles. The number of likely N-dealkylation sites (tertiary alicyclic amines) is 2. The summed E-state index contributed by atoms with van der Waals surface area (Å²) in [6.45, 7) is 0.0243. The van der Waals surface area contributed by atoms with Crippen molar-refractivity contribution in [3.63, 3.8) is 0 Å². The third-order valence-electron chi connectivity index (χ3n) is 11.7. The molecule has 3 saturated heterocycles. The minimum Gasteiger partial charge on any atom is -0.480 e. The van der Waals surface area contributed by atoms with Crippen LogP contribution in [0.2, 0.25) is 0 Å². The van der Waals surface area contributed by atoms with E-state index in [1.54, 1.807) is 65.6 Å². The molecule has 0 radical (unpaired) electrons. The lowest BCUT2D eigenvalue weighted by Crippen LogP contribution is -2.60. The molecule has 7 atom stereocenters. The van der Waals surface area contributed by atoms with E-state index in [0.717, 1.165) is 13.0 Å². The van der Waals surface area contributed by atoms with Crippen LogP contribution in [0.1, 0.15) is 62.5 Å². The van der Waals surface area contributed by atoms with Crippen molar-refractivity contribution in [2.75, 3.05) is 39.3 Å². The smallest absolute Gasteiger partial charge is 0.326 e. The zero-order valence-corrected chi connectivity index (χ0v) is 36.3. The Morgan fingerprint density at radius 1 is 0.708 bits per heavy atom. The summed E-state index contributed by atoms with van der Waals surface area (Å²) in [5.41, 5.74) is 12.0. The molecule has 5 rings (SSSR count). The van der Waals surface area contributed by atoms with Gasteiger partial charge in [-0.3, -0.25) is 38.6 Å². The number of hydrogen-bond donors (Lipinski definition) is 10. The number of nitrogens with two attached hydrogens (primary N) is 2. The van der Waals surface area contributed by atoms with Crippen LogP contribution in [0.3, 0.4) is 0 Å². The number of carbonyl (C=O) groups is 8. The topological polar surface area (TPSA) is 320 Å². The summed E-state index contributed by atoms with van der Waals surface area (Å²) in [7, 11) is 0. The number of aliphatic hydroxyl groups excluding tert-OH is 1. The normalized spacial score (nSPS) is 19.8. The van der Waals surface area contributed by atoms with Crippen molar-refractivity contribution in [1.29, 1.82) is 0 Å². The largest absolute Gasteiger partial charge is 0.480 e. The maximum absolute atomic E-state index is 14.0. The number of amides is 7. The molecule has 65 heavy (non-hydrogen) atoms. The van der Waals surface area contributed by atoms with Gasteiger partial charge in [-0.25, -0.2) is 4.79 Å². The lowest BCUT2D eigenvalue weighted by atomic mass is 10.0. The van der Waals surface area contributed by atoms with Crippen molar-refractivity contribution in [3.05, 3.63) is 71.8 Å². The number of carboxylic acids is 1. The monoisotopic (exact) mass is 903 g/mol. The molecule has 21 heteroatoms. The minimum atomic E-state index is -1.54. The van der Waals surface area contributed by atoms with Crippen LogP contribution in [0.25, 0.3) is 0 Å². The molecule has 0 aliphatic carbocycles. The third-order valence-corrected chi connectivity index (χ3v) is 11.7. The van der Waals surface area contributed by atoms with Gasteiger partial charge in [0, 0.05) is 32.5 Å². The Hall–Kier alpha value is -6.61. The quantitative estimate of drug-likeness (QED) is 0.0330. The first-order chi connectivity index (χ1) is 31.2. The first-order valence-electron chi connectivity index (χ1n) is 22.0. The molecule has 0 spiro atoms. The molecule has 352 valence electrons. The predicted molar refractivity (Wildman–Crippen MR) is 236 cm³/mol. The summed E-state index contributed by atoms with van der Waals surface area (Å²) in [5.74, 6) is -5.87. The Bertz CT molecular complexity index is 2010. The highest BCUT2D eigenvalue weighted by Crippen LogP contribution is 2.22. The number of nitrogens with zero attached hydrogens (tertiary/aromatic N) is 3. The van der Waals surface area contributed by atoms with Gasteiger partial charge in [-0.2, -0.15) is 0 Å². The van der Waals surface area contributed by atoms with Crippen LogP contribution in [0.5, 0.6) is 0 Å². The van der Waals surface area contributed by atoms with Crippen molar-refractivity contribution >= 4 is 53.3 Å². The number of aliphatic hydroxyl groups is 1. The second-order valence-electron chi connectivity index (χ2n) is 16.4. The minimum absolute atomic E-state index is 0.00348. The molecule has 2 aromatic rings.